The van der Waals surface area contributed by atoms with Crippen molar-refractivity contribution in [2.45, 2.75) is 19.0 Å². The van der Waals surface area contributed by atoms with Crippen molar-refractivity contribution in [3.8, 4) is 12.3 Å². The molecule has 0 saturated carbocycles. The van der Waals surface area contributed by atoms with Crippen LogP contribution in [0.1, 0.15) is 18.0 Å². The fourth-order valence-corrected chi connectivity index (χ4v) is 1.06. The molecule has 0 aliphatic rings. The predicted molar refractivity (Wildman–Crippen MR) is 50.2 cm³/mol. The normalized spacial score (nSPS) is 12.0. The number of nitrogens with zero attached hydrogens (tertiary/aromatic N) is 2. The van der Waals surface area contributed by atoms with Gasteiger partial charge in [-0.25, -0.2) is 0 Å². The van der Waals surface area contributed by atoms with Crippen molar-refractivity contribution >= 4 is 5.97 Å². The van der Waals surface area contributed by atoms with E-state index in [0.29, 0.717) is 12.1 Å². The van der Waals surface area contributed by atoms with Gasteiger partial charge in [0.25, 0.3) is 0 Å². The second kappa shape index (κ2) is 4.44. The molecule has 0 amide bonds. The van der Waals surface area contributed by atoms with E-state index in [9.17, 15) is 4.79 Å². The van der Waals surface area contributed by atoms with Crippen molar-refractivity contribution in [1.29, 1.82) is 0 Å². The maximum atomic E-state index is 10.4. The highest BCUT2D eigenvalue weighted by Crippen LogP contribution is 2.12. The van der Waals surface area contributed by atoms with E-state index in [1.807, 2.05) is 0 Å². The fraction of sp³-hybridized carbons (Fsp3) is 0.333. The zero-order valence-corrected chi connectivity index (χ0v) is 7.55. The topological polar surface area (TPSA) is 81.1 Å². The van der Waals surface area contributed by atoms with Gasteiger partial charge in [0.15, 0.2) is 0 Å². The van der Waals surface area contributed by atoms with Gasteiger partial charge in [-0.05, 0) is 0 Å². The van der Waals surface area contributed by atoms with E-state index < -0.39 is 12.0 Å². The van der Waals surface area contributed by atoms with Gasteiger partial charge in [0.1, 0.15) is 6.54 Å². The minimum absolute atomic E-state index is 0.109. The van der Waals surface area contributed by atoms with Crippen molar-refractivity contribution in [1.82, 2.24) is 9.78 Å². The molecule has 1 aromatic rings. The van der Waals surface area contributed by atoms with Crippen LogP contribution in [0.4, 0.5) is 0 Å². The number of aromatic nitrogens is 2. The van der Waals surface area contributed by atoms with Crippen LogP contribution in [0, 0.1) is 12.3 Å². The number of carbonyl (C=O) groups is 1. The molecule has 0 spiro atoms. The predicted octanol–water partition coefficient (Wildman–Crippen LogP) is -0.00920. The first kappa shape index (κ1) is 10.3. The molecule has 1 heterocycles. The number of aliphatic carboxylic acids is 1. The molecule has 74 valence electrons. The highest BCUT2D eigenvalue weighted by atomic mass is 16.4. The Bertz CT molecular complexity index is 364. The lowest BCUT2D eigenvalue weighted by Gasteiger charge is -2.04. The molecule has 0 aliphatic carbocycles. The summed E-state index contributed by atoms with van der Waals surface area (Å²) >= 11 is 0. The van der Waals surface area contributed by atoms with E-state index in [-0.39, 0.29) is 6.42 Å². The second-order valence-electron chi connectivity index (χ2n) is 2.88. The van der Waals surface area contributed by atoms with E-state index in [1.54, 1.807) is 6.20 Å². The quantitative estimate of drug-likeness (QED) is 0.659. The molecule has 0 bridgehead atoms. The third-order valence-corrected chi connectivity index (χ3v) is 1.73. The maximum absolute atomic E-state index is 10.4. The summed E-state index contributed by atoms with van der Waals surface area (Å²) < 4.78 is 1.54. The zero-order valence-electron chi connectivity index (χ0n) is 7.55. The first-order chi connectivity index (χ1) is 6.63. The Labute approximate surface area is 81.5 Å². The molecule has 5 nitrogen and oxygen atoms in total. The first-order valence-electron chi connectivity index (χ1n) is 4.06. The molecule has 0 aromatic carbocycles. The molecule has 1 unspecified atom stereocenters. The summed E-state index contributed by atoms with van der Waals surface area (Å²) in [4.78, 5) is 10.4. The number of nitrogens with two attached hydrogens (primary N) is 1. The van der Waals surface area contributed by atoms with Gasteiger partial charge in [0, 0.05) is 17.8 Å². The average Bonchev–Trinajstić information content (AvgIpc) is 2.52. The van der Waals surface area contributed by atoms with Crippen LogP contribution in [0.3, 0.4) is 0 Å². The Morgan fingerprint density at radius 1 is 1.86 bits per heavy atom. The van der Waals surface area contributed by atoms with Crippen LogP contribution in [0.25, 0.3) is 0 Å². The summed E-state index contributed by atoms with van der Waals surface area (Å²) in [5.74, 6) is 1.49. The van der Waals surface area contributed by atoms with Crippen LogP contribution >= 0.6 is 0 Å². The Hall–Kier alpha value is -1.80. The summed E-state index contributed by atoms with van der Waals surface area (Å²) in [6.45, 7) is 0.361. The molecule has 1 rings (SSSR count). The van der Waals surface area contributed by atoms with Crippen LogP contribution in [-0.4, -0.2) is 20.9 Å². The Kier molecular flexibility index (Phi) is 3.26. The van der Waals surface area contributed by atoms with Gasteiger partial charge in [-0.3, -0.25) is 9.48 Å². The summed E-state index contributed by atoms with van der Waals surface area (Å²) in [6.07, 6.45) is 8.17. The summed E-state index contributed by atoms with van der Waals surface area (Å²) in [5.41, 5.74) is 6.30. The van der Waals surface area contributed by atoms with E-state index in [2.05, 4.69) is 11.0 Å². The van der Waals surface area contributed by atoms with Crippen molar-refractivity contribution in [2.24, 2.45) is 5.73 Å². The van der Waals surface area contributed by atoms with Crippen molar-refractivity contribution in [3.63, 3.8) is 0 Å². The summed E-state index contributed by atoms with van der Waals surface area (Å²) in [7, 11) is 0. The van der Waals surface area contributed by atoms with E-state index in [1.165, 1.54) is 10.9 Å². The molecule has 1 atom stereocenters. The molecular formula is C9H11N3O2. The number of carboxylic acid groups (broad SMARTS) is 1. The Balaban J connectivity index is 2.67. The summed E-state index contributed by atoms with van der Waals surface area (Å²) in [5, 5.41) is 12.5. The molecule has 14 heavy (non-hydrogen) atoms. The summed E-state index contributed by atoms with van der Waals surface area (Å²) in [6, 6.07) is -0.529. The molecular weight excluding hydrogens is 182 g/mol. The van der Waals surface area contributed by atoms with Gasteiger partial charge in [0.2, 0.25) is 0 Å². The number of carboxylic acids is 1. The lowest BCUT2D eigenvalue weighted by Crippen LogP contribution is -2.14. The van der Waals surface area contributed by atoms with Crippen LogP contribution in [0.2, 0.25) is 0 Å². The SMILES string of the molecule is C#CCn1cc(C(N)CC(=O)O)cn1. The molecule has 5 heteroatoms. The molecule has 0 saturated heterocycles. The van der Waals surface area contributed by atoms with Crippen LogP contribution in [0.5, 0.6) is 0 Å². The van der Waals surface area contributed by atoms with Crippen molar-refractivity contribution < 1.29 is 9.90 Å². The van der Waals surface area contributed by atoms with Crippen molar-refractivity contribution in [2.75, 3.05) is 0 Å². The van der Waals surface area contributed by atoms with Gasteiger partial charge < -0.3 is 10.8 Å². The molecule has 1 aromatic heterocycles. The highest BCUT2D eigenvalue weighted by Gasteiger charge is 2.12. The average molecular weight is 193 g/mol. The number of rotatable bonds is 4. The van der Waals surface area contributed by atoms with Crippen LogP contribution in [-0.2, 0) is 11.3 Å². The third-order valence-electron chi connectivity index (χ3n) is 1.73. The van der Waals surface area contributed by atoms with Crippen LogP contribution in [0.15, 0.2) is 12.4 Å². The zero-order chi connectivity index (χ0) is 10.6. The largest absolute Gasteiger partial charge is 0.481 e. The highest BCUT2D eigenvalue weighted by molar-refractivity contribution is 5.67. The number of hydrogen-bond donors (Lipinski definition) is 2. The van der Waals surface area contributed by atoms with Crippen molar-refractivity contribution in [3.05, 3.63) is 18.0 Å². The van der Waals surface area contributed by atoms with Gasteiger partial charge in [-0.2, -0.15) is 5.10 Å². The van der Waals surface area contributed by atoms with Crippen LogP contribution < -0.4 is 5.73 Å². The molecule has 0 radical (unpaired) electrons. The molecule has 3 N–H and O–H groups in total. The first-order valence-corrected chi connectivity index (χ1v) is 4.06. The monoisotopic (exact) mass is 193 g/mol. The lowest BCUT2D eigenvalue weighted by atomic mass is 10.1. The second-order valence-corrected chi connectivity index (χ2v) is 2.88. The van der Waals surface area contributed by atoms with Gasteiger partial charge in [-0.1, -0.05) is 5.92 Å². The van der Waals surface area contributed by atoms with E-state index in [0.717, 1.165) is 0 Å². The number of hydrogen-bond acceptors (Lipinski definition) is 3. The van der Waals surface area contributed by atoms with E-state index in [4.69, 9.17) is 17.3 Å². The molecule has 0 aliphatic heterocycles. The van der Waals surface area contributed by atoms with Gasteiger partial charge in [0.05, 0.1) is 12.6 Å². The van der Waals surface area contributed by atoms with Gasteiger partial charge >= 0.3 is 5.97 Å². The third kappa shape index (κ3) is 2.61. The Morgan fingerprint density at radius 2 is 2.57 bits per heavy atom. The smallest absolute Gasteiger partial charge is 0.305 e. The fourth-order valence-electron chi connectivity index (χ4n) is 1.06. The standard InChI is InChI=1S/C9H11N3O2/c1-2-3-12-6-7(5-11-12)8(10)4-9(13)14/h1,5-6,8H,3-4,10H2,(H,13,14). The number of terminal acetylenes is 1. The minimum atomic E-state index is -0.929. The Morgan fingerprint density at radius 3 is 3.14 bits per heavy atom. The lowest BCUT2D eigenvalue weighted by molar-refractivity contribution is -0.137. The maximum Gasteiger partial charge on any atom is 0.305 e. The molecule has 0 fully saturated rings. The van der Waals surface area contributed by atoms with Gasteiger partial charge in [-0.15, -0.1) is 6.42 Å². The van der Waals surface area contributed by atoms with E-state index >= 15 is 0 Å². The minimum Gasteiger partial charge on any atom is -0.481 e.